The Kier molecular flexibility index (Phi) is 5.44. The fourth-order valence-corrected chi connectivity index (χ4v) is 2.52. The highest BCUT2D eigenvalue weighted by atomic mass is 16.3. The first-order chi connectivity index (χ1) is 11.9. The summed E-state index contributed by atoms with van der Waals surface area (Å²) >= 11 is 0. The molecular formula is C19H21N3O3. The van der Waals surface area contributed by atoms with Gasteiger partial charge in [-0.15, -0.1) is 0 Å². The predicted molar refractivity (Wildman–Crippen MR) is 101 cm³/mol. The van der Waals surface area contributed by atoms with Crippen molar-refractivity contribution in [1.82, 2.24) is 4.57 Å². The van der Waals surface area contributed by atoms with Crippen molar-refractivity contribution in [2.75, 3.05) is 5.73 Å². The molecule has 5 N–H and O–H groups in total. The summed E-state index contributed by atoms with van der Waals surface area (Å²) in [6.45, 7) is 4.09. The molecule has 1 amide bonds. The normalized spacial score (nSPS) is 12.5. The molecule has 0 fully saturated rings. The number of primary amides is 1. The first kappa shape index (κ1) is 18.1. The molecule has 2 aromatic rings. The second-order valence-corrected chi connectivity index (χ2v) is 5.42. The first-order valence-corrected chi connectivity index (χ1v) is 7.86. The summed E-state index contributed by atoms with van der Waals surface area (Å²) in [4.78, 5) is 24.4. The maximum atomic E-state index is 12.7. The van der Waals surface area contributed by atoms with Gasteiger partial charge in [0.2, 0.25) is 0 Å². The number of amides is 1. The first-order valence-electron chi connectivity index (χ1n) is 7.86. The van der Waals surface area contributed by atoms with Gasteiger partial charge in [0.25, 0.3) is 11.5 Å². The van der Waals surface area contributed by atoms with E-state index in [9.17, 15) is 14.7 Å². The van der Waals surface area contributed by atoms with Gasteiger partial charge in [0.1, 0.15) is 5.76 Å². The molecule has 0 aliphatic heterocycles. The van der Waals surface area contributed by atoms with E-state index in [0.29, 0.717) is 22.9 Å². The van der Waals surface area contributed by atoms with Crippen LogP contribution in [0.25, 0.3) is 16.8 Å². The number of aliphatic hydroxyl groups excluding tert-OH is 1. The molecule has 25 heavy (non-hydrogen) atoms. The zero-order chi connectivity index (χ0) is 18.6. The summed E-state index contributed by atoms with van der Waals surface area (Å²) in [5.74, 6) is -0.544. The standard InChI is InChI=1S/C19H21N3O3/c1-3-13(23)7-5-6-8-14-16-12(9-10-22(4-2)19(16)25)11-15(17(14)20)18(21)24/h3,5-11,23H,4,20H2,1-2H3,(H2,21,24)/b7-5-,8-6+,13-3-. The molecule has 0 aliphatic carbocycles. The van der Waals surface area contributed by atoms with E-state index < -0.39 is 5.91 Å². The molecular weight excluding hydrogens is 318 g/mol. The zero-order valence-electron chi connectivity index (χ0n) is 14.2. The van der Waals surface area contributed by atoms with Gasteiger partial charge in [0, 0.05) is 18.3 Å². The number of nitrogens with zero attached hydrogens (tertiary/aromatic N) is 1. The van der Waals surface area contributed by atoms with Crippen LogP contribution in [-0.2, 0) is 6.54 Å². The lowest BCUT2D eigenvalue weighted by Crippen LogP contribution is -2.21. The van der Waals surface area contributed by atoms with E-state index in [2.05, 4.69) is 0 Å². The highest BCUT2D eigenvalue weighted by molar-refractivity contribution is 6.07. The number of anilines is 1. The van der Waals surface area contributed by atoms with Gasteiger partial charge in [0.15, 0.2) is 0 Å². The third-order valence-corrected chi connectivity index (χ3v) is 3.89. The van der Waals surface area contributed by atoms with Crippen LogP contribution in [0.1, 0.15) is 29.8 Å². The summed E-state index contributed by atoms with van der Waals surface area (Å²) in [6.07, 6.45) is 9.59. The fraction of sp³-hybridized carbons (Fsp3) is 0.158. The number of aliphatic hydroxyl groups is 1. The number of carbonyl (C=O) groups is 1. The summed E-state index contributed by atoms with van der Waals surface area (Å²) in [6, 6.07) is 3.29. The van der Waals surface area contributed by atoms with Crippen molar-refractivity contribution >= 4 is 28.4 Å². The minimum absolute atomic E-state index is 0.113. The van der Waals surface area contributed by atoms with Crippen LogP contribution in [0.4, 0.5) is 5.69 Å². The van der Waals surface area contributed by atoms with E-state index in [4.69, 9.17) is 11.5 Å². The van der Waals surface area contributed by atoms with Gasteiger partial charge in [-0.2, -0.15) is 0 Å². The number of aromatic nitrogens is 1. The topological polar surface area (TPSA) is 111 Å². The number of nitrogens with two attached hydrogens (primary N) is 2. The van der Waals surface area contributed by atoms with Crippen LogP contribution < -0.4 is 17.0 Å². The van der Waals surface area contributed by atoms with Crippen molar-refractivity contribution in [3.63, 3.8) is 0 Å². The highest BCUT2D eigenvalue weighted by Gasteiger charge is 2.15. The molecule has 0 aliphatic rings. The Balaban J connectivity index is 2.75. The van der Waals surface area contributed by atoms with Crippen LogP contribution in [0.2, 0.25) is 0 Å². The van der Waals surface area contributed by atoms with E-state index >= 15 is 0 Å². The molecule has 0 unspecified atom stereocenters. The molecule has 0 atom stereocenters. The number of pyridine rings is 1. The summed E-state index contributed by atoms with van der Waals surface area (Å²) in [7, 11) is 0. The zero-order valence-corrected chi connectivity index (χ0v) is 14.2. The van der Waals surface area contributed by atoms with E-state index in [1.165, 1.54) is 12.1 Å². The number of rotatable bonds is 5. The number of hydrogen-bond acceptors (Lipinski definition) is 4. The molecule has 130 valence electrons. The number of benzene rings is 1. The fourth-order valence-electron chi connectivity index (χ4n) is 2.52. The second kappa shape index (κ2) is 7.53. The molecule has 0 saturated heterocycles. The van der Waals surface area contributed by atoms with Gasteiger partial charge < -0.3 is 21.1 Å². The number of nitrogen functional groups attached to an aromatic ring is 1. The molecule has 0 spiro atoms. The third kappa shape index (κ3) is 3.63. The van der Waals surface area contributed by atoms with E-state index in [-0.39, 0.29) is 22.6 Å². The van der Waals surface area contributed by atoms with Crippen LogP contribution in [-0.4, -0.2) is 15.6 Å². The van der Waals surface area contributed by atoms with Crippen molar-refractivity contribution in [2.45, 2.75) is 20.4 Å². The molecule has 6 heteroatoms. The average Bonchev–Trinajstić information content (AvgIpc) is 2.59. The van der Waals surface area contributed by atoms with Crippen molar-refractivity contribution in [1.29, 1.82) is 0 Å². The molecule has 0 bridgehead atoms. The maximum absolute atomic E-state index is 12.7. The Hall–Kier alpha value is -3.28. The number of allylic oxidation sites excluding steroid dienone is 4. The van der Waals surface area contributed by atoms with Crippen molar-refractivity contribution in [3.05, 3.63) is 69.9 Å². The van der Waals surface area contributed by atoms with Crippen LogP contribution >= 0.6 is 0 Å². The van der Waals surface area contributed by atoms with Crippen molar-refractivity contribution < 1.29 is 9.90 Å². The number of aryl methyl sites for hydroxylation is 1. The number of fused-ring (bicyclic) bond motifs is 1. The lowest BCUT2D eigenvalue weighted by Gasteiger charge is -2.12. The third-order valence-electron chi connectivity index (χ3n) is 3.89. The SMILES string of the molecule is C/C=C(O)/C=C\C=C\c1c(N)c(C(N)=O)cc2ccn(CC)c(=O)c12. The van der Waals surface area contributed by atoms with Gasteiger partial charge in [-0.05, 0) is 43.5 Å². The molecule has 1 aromatic carbocycles. The molecule has 1 heterocycles. The van der Waals surface area contributed by atoms with Gasteiger partial charge in [-0.3, -0.25) is 9.59 Å². The maximum Gasteiger partial charge on any atom is 0.259 e. The summed E-state index contributed by atoms with van der Waals surface area (Å²) in [5, 5.41) is 10.4. The van der Waals surface area contributed by atoms with Gasteiger partial charge in [-0.1, -0.05) is 18.2 Å². The molecule has 2 rings (SSSR count). The van der Waals surface area contributed by atoms with Gasteiger partial charge >= 0.3 is 0 Å². The van der Waals surface area contributed by atoms with Crippen LogP contribution in [0.15, 0.2) is 53.2 Å². The summed E-state index contributed by atoms with van der Waals surface area (Å²) in [5.41, 5.74) is 12.1. The van der Waals surface area contributed by atoms with Gasteiger partial charge in [0.05, 0.1) is 16.6 Å². The lowest BCUT2D eigenvalue weighted by molar-refractivity contribution is 0.100. The van der Waals surface area contributed by atoms with Crippen LogP contribution in [0.5, 0.6) is 0 Å². The van der Waals surface area contributed by atoms with E-state index in [1.807, 2.05) is 6.92 Å². The second-order valence-electron chi connectivity index (χ2n) is 5.42. The number of carbonyl (C=O) groups excluding carboxylic acids is 1. The molecule has 0 saturated carbocycles. The van der Waals surface area contributed by atoms with E-state index in [0.717, 1.165) is 0 Å². The van der Waals surface area contributed by atoms with Gasteiger partial charge in [-0.25, -0.2) is 0 Å². The highest BCUT2D eigenvalue weighted by Crippen LogP contribution is 2.27. The Morgan fingerprint density at radius 2 is 2.08 bits per heavy atom. The molecule has 0 radical (unpaired) electrons. The minimum atomic E-state index is -0.657. The Labute approximate surface area is 145 Å². The Morgan fingerprint density at radius 1 is 1.36 bits per heavy atom. The number of hydrogen-bond donors (Lipinski definition) is 3. The van der Waals surface area contributed by atoms with Crippen LogP contribution in [0.3, 0.4) is 0 Å². The minimum Gasteiger partial charge on any atom is -0.508 e. The Morgan fingerprint density at radius 3 is 2.68 bits per heavy atom. The lowest BCUT2D eigenvalue weighted by atomic mass is 9.98. The predicted octanol–water partition coefficient (Wildman–Crippen LogP) is 2.73. The van der Waals surface area contributed by atoms with Crippen LogP contribution in [0, 0.1) is 0 Å². The quantitative estimate of drug-likeness (QED) is 0.442. The van der Waals surface area contributed by atoms with Crippen molar-refractivity contribution in [3.8, 4) is 0 Å². The monoisotopic (exact) mass is 339 g/mol. The largest absolute Gasteiger partial charge is 0.508 e. The molecule has 1 aromatic heterocycles. The molecule has 6 nitrogen and oxygen atoms in total. The van der Waals surface area contributed by atoms with Crippen molar-refractivity contribution in [2.24, 2.45) is 5.73 Å². The Bertz CT molecular complexity index is 966. The average molecular weight is 339 g/mol. The summed E-state index contributed by atoms with van der Waals surface area (Å²) < 4.78 is 1.56. The van der Waals surface area contributed by atoms with E-state index in [1.54, 1.807) is 48.1 Å². The smallest absolute Gasteiger partial charge is 0.259 e.